The number of carbonyl (C=O) groups excluding carboxylic acids is 1. The summed E-state index contributed by atoms with van der Waals surface area (Å²) in [6.45, 7) is 5.32. The Kier molecular flexibility index (Phi) is 6.95. The Morgan fingerprint density at radius 1 is 1.13 bits per heavy atom. The van der Waals surface area contributed by atoms with Gasteiger partial charge in [0, 0.05) is 24.5 Å². The van der Waals surface area contributed by atoms with Crippen LogP contribution in [-0.4, -0.2) is 72.7 Å². The summed E-state index contributed by atoms with van der Waals surface area (Å²) in [6.07, 6.45) is 11.1. The molecule has 6 heteroatoms. The average molecular weight is 414 g/mol. The monoisotopic (exact) mass is 413 g/mol. The fourth-order valence-corrected chi connectivity index (χ4v) is 4.68. The normalized spacial score (nSPS) is 22.4. The van der Waals surface area contributed by atoms with Crippen LogP contribution in [0.5, 0.6) is 11.5 Å². The third-order valence-corrected chi connectivity index (χ3v) is 6.78. The summed E-state index contributed by atoms with van der Waals surface area (Å²) in [5.41, 5.74) is 1.04. The number of hydrogen-bond acceptors (Lipinski definition) is 5. The molecule has 2 saturated heterocycles. The maximum Gasteiger partial charge on any atom is 0.223 e. The zero-order valence-corrected chi connectivity index (χ0v) is 18.1. The van der Waals surface area contributed by atoms with E-state index in [4.69, 9.17) is 4.74 Å². The van der Waals surface area contributed by atoms with E-state index in [0.29, 0.717) is 23.7 Å². The summed E-state index contributed by atoms with van der Waals surface area (Å²) in [5, 5.41) is 12.9. The van der Waals surface area contributed by atoms with Gasteiger partial charge < -0.3 is 20.1 Å². The summed E-state index contributed by atoms with van der Waals surface area (Å²) in [4.78, 5) is 17.4. The highest BCUT2D eigenvalue weighted by Gasteiger charge is 2.32. The van der Waals surface area contributed by atoms with Gasteiger partial charge in [-0.1, -0.05) is 18.2 Å². The zero-order chi connectivity index (χ0) is 20.9. The molecule has 0 unspecified atom stereocenters. The molecule has 2 heterocycles. The minimum Gasteiger partial charge on any atom is -0.504 e. The van der Waals surface area contributed by atoms with Crippen LogP contribution in [0.25, 0.3) is 6.08 Å². The molecular weight excluding hydrogens is 378 g/mol. The number of nitrogens with zero attached hydrogens (tertiary/aromatic N) is 2. The van der Waals surface area contributed by atoms with Crippen LogP contribution >= 0.6 is 0 Å². The van der Waals surface area contributed by atoms with E-state index in [0.717, 1.165) is 51.1 Å². The van der Waals surface area contributed by atoms with Gasteiger partial charge in [-0.25, -0.2) is 0 Å². The van der Waals surface area contributed by atoms with E-state index in [9.17, 15) is 9.90 Å². The molecule has 3 fully saturated rings. The smallest absolute Gasteiger partial charge is 0.223 e. The first-order chi connectivity index (χ1) is 14.6. The molecule has 1 aliphatic carbocycles. The number of piperidine rings is 2. The van der Waals surface area contributed by atoms with Gasteiger partial charge in [-0.15, -0.1) is 0 Å². The molecule has 1 saturated carbocycles. The highest BCUT2D eigenvalue weighted by molar-refractivity contribution is 5.79. The number of ether oxygens (including phenoxy) is 1. The number of carbonyl (C=O) groups is 1. The fourth-order valence-electron chi connectivity index (χ4n) is 4.68. The largest absolute Gasteiger partial charge is 0.504 e. The van der Waals surface area contributed by atoms with E-state index < -0.39 is 0 Å². The highest BCUT2D eigenvalue weighted by Crippen LogP contribution is 2.27. The lowest BCUT2D eigenvalue weighted by atomic mass is 9.92. The van der Waals surface area contributed by atoms with E-state index in [1.165, 1.54) is 25.7 Å². The predicted octanol–water partition coefficient (Wildman–Crippen LogP) is 2.87. The fraction of sp³-hybridized carbons (Fsp3) is 0.625. The Morgan fingerprint density at radius 3 is 2.53 bits per heavy atom. The summed E-state index contributed by atoms with van der Waals surface area (Å²) in [6, 6.07) is 6.56. The van der Waals surface area contributed by atoms with Crippen LogP contribution < -0.4 is 10.1 Å². The van der Waals surface area contributed by atoms with E-state index in [1.807, 2.05) is 12.1 Å². The van der Waals surface area contributed by atoms with Crippen molar-refractivity contribution in [1.29, 1.82) is 0 Å². The van der Waals surface area contributed by atoms with Crippen molar-refractivity contribution >= 4 is 12.0 Å². The molecule has 2 aliphatic heterocycles. The van der Waals surface area contributed by atoms with Crippen molar-refractivity contribution in [1.82, 2.24) is 15.1 Å². The van der Waals surface area contributed by atoms with Crippen molar-refractivity contribution in [2.75, 3.05) is 39.8 Å². The molecule has 0 bridgehead atoms. The molecule has 1 amide bonds. The van der Waals surface area contributed by atoms with Crippen molar-refractivity contribution in [2.45, 2.75) is 50.6 Å². The van der Waals surface area contributed by atoms with Crippen molar-refractivity contribution in [3.63, 3.8) is 0 Å². The third-order valence-electron chi connectivity index (χ3n) is 6.78. The summed E-state index contributed by atoms with van der Waals surface area (Å²) in [5.74, 6) is 1.20. The van der Waals surface area contributed by atoms with Crippen molar-refractivity contribution in [3.8, 4) is 11.5 Å². The zero-order valence-electron chi connectivity index (χ0n) is 18.1. The molecule has 0 atom stereocenters. The Balaban J connectivity index is 1.17. The number of nitrogens with one attached hydrogen (secondary N) is 1. The lowest BCUT2D eigenvalue weighted by Gasteiger charge is -2.41. The summed E-state index contributed by atoms with van der Waals surface area (Å²) >= 11 is 0. The Bertz CT molecular complexity index is 746. The first-order valence-electron chi connectivity index (χ1n) is 11.4. The molecule has 0 aromatic heterocycles. The second-order valence-corrected chi connectivity index (χ2v) is 8.96. The molecule has 0 spiro atoms. The Morgan fingerprint density at radius 2 is 1.87 bits per heavy atom. The number of methoxy groups -OCH3 is 1. The molecule has 0 radical (unpaired) electrons. The van der Waals surface area contributed by atoms with E-state index in [-0.39, 0.29) is 11.7 Å². The van der Waals surface area contributed by atoms with Gasteiger partial charge in [-0.3, -0.25) is 9.69 Å². The van der Waals surface area contributed by atoms with Crippen LogP contribution in [0.1, 0.15) is 44.1 Å². The number of amides is 1. The Hall–Kier alpha value is -2.05. The first kappa shape index (κ1) is 21.2. The van der Waals surface area contributed by atoms with Crippen LogP contribution in [0.3, 0.4) is 0 Å². The molecule has 30 heavy (non-hydrogen) atoms. The van der Waals surface area contributed by atoms with Crippen LogP contribution in [0.2, 0.25) is 0 Å². The van der Waals surface area contributed by atoms with E-state index in [2.05, 4.69) is 27.3 Å². The van der Waals surface area contributed by atoms with E-state index >= 15 is 0 Å². The second kappa shape index (κ2) is 9.84. The molecule has 3 aliphatic rings. The number of rotatable bonds is 7. The number of phenolic OH excluding ortho intramolecular Hbond substituents is 1. The van der Waals surface area contributed by atoms with Crippen molar-refractivity contribution < 1.29 is 14.6 Å². The lowest BCUT2D eigenvalue weighted by Crippen LogP contribution is -2.49. The van der Waals surface area contributed by atoms with Gasteiger partial charge in [-0.2, -0.15) is 0 Å². The molecule has 6 nitrogen and oxygen atoms in total. The standard InChI is InChI=1S/C24H35N3O3/c1-30-23-17-18(4-7-22(23)28)3-2-12-26-13-10-21(11-14-26)27-15-8-19(9-16-27)24(29)25-20-5-6-20/h2-4,7,17,19-21,28H,5-6,8-16H2,1H3,(H,25,29)/b3-2+. The molecule has 1 aromatic carbocycles. The third kappa shape index (κ3) is 5.55. The van der Waals surface area contributed by atoms with Crippen molar-refractivity contribution in [3.05, 3.63) is 29.8 Å². The number of aromatic hydroxyl groups is 1. The second-order valence-electron chi connectivity index (χ2n) is 8.96. The molecule has 2 N–H and O–H groups in total. The SMILES string of the molecule is COc1cc(/C=C/CN2CCC(N3CCC(C(=O)NC4CC4)CC3)CC2)ccc1O. The number of benzene rings is 1. The number of phenols is 1. The average Bonchev–Trinajstić information content (AvgIpc) is 3.59. The van der Waals surface area contributed by atoms with Gasteiger partial charge in [0.25, 0.3) is 0 Å². The molecular formula is C24H35N3O3. The van der Waals surface area contributed by atoms with Crippen molar-refractivity contribution in [2.24, 2.45) is 5.92 Å². The Labute approximate surface area is 179 Å². The van der Waals surface area contributed by atoms with Gasteiger partial charge in [-0.05, 0) is 82.4 Å². The summed E-state index contributed by atoms with van der Waals surface area (Å²) in [7, 11) is 1.57. The van der Waals surface area contributed by atoms with Crippen LogP contribution in [0, 0.1) is 5.92 Å². The minimum absolute atomic E-state index is 0.171. The number of likely N-dealkylation sites (tertiary alicyclic amines) is 2. The minimum atomic E-state index is 0.171. The maximum absolute atomic E-state index is 12.3. The quantitative estimate of drug-likeness (QED) is 0.720. The lowest BCUT2D eigenvalue weighted by molar-refractivity contribution is -0.126. The van der Waals surface area contributed by atoms with Gasteiger partial charge in [0.2, 0.25) is 5.91 Å². The van der Waals surface area contributed by atoms with Crippen LogP contribution in [0.15, 0.2) is 24.3 Å². The summed E-state index contributed by atoms with van der Waals surface area (Å²) < 4.78 is 5.17. The van der Waals surface area contributed by atoms with Gasteiger partial charge in [0.15, 0.2) is 11.5 Å². The van der Waals surface area contributed by atoms with Crippen LogP contribution in [-0.2, 0) is 4.79 Å². The van der Waals surface area contributed by atoms with E-state index in [1.54, 1.807) is 13.2 Å². The highest BCUT2D eigenvalue weighted by atomic mass is 16.5. The van der Waals surface area contributed by atoms with Gasteiger partial charge >= 0.3 is 0 Å². The molecule has 1 aromatic rings. The van der Waals surface area contributed by atoms with Crippen LogP contribution in [0.4, 0.5) is 0 Å². The molecule has 4 rings (SSSR count). The topological polar surface area (TPSA) is 65.0 Å². The number of hydrogen-bond donors (Lipinski definition) is 2. The maximum atomic E-state index is 12.3. The first-order valence-corrected chi connectivity index (χ1v) is 11.4. The molecule has 164 valence electrons. The predicted molar refractivity (Wildman–Crippen MR) is 119 cm³/mol. The van der Waals surface area contributed by atoms with Gasteiger partial charge in [0.05, 0.1) is 7.11 Å². The van der Waals surface area contributed by atoms with Gasteiger partial charge in [0.1, 0.15) is 0 Å².